The van der Waals surface area contributed by atoms with Crippen LogP contribution in [0.5, 0.6) is 0 Å². The number of carbonyl (C=O) groups is 1. The molecule has 10 nitrogen and oxygen atoms in total. The predicted molar refractivity (Wildman–Crippen MR) is 107 cm³/mol. The summed E-state index contributed by atoms with van der Waals surface area (Å²) in [5.41, 5.74) is 2.59. The maximum atomic E-state index is 12.6. The largest absolute Gasteiger partial charge is 0.467 e. The molecule has 0 saturated carbocycles. The van der Waals surface area contributed by atoms with Crippen LogP contribution in [0.15, 0.2) is 57.6 Å². The van der Waals surface area contributed by atoms with Crippen LogP contribution in [-0.4, -0.2) is 25.7 Å². The zero-order valence-electron chi connectivity index (χ0n) is 16.8. The number of hydrogen-bond donors (Lipinski definition) is 0. The van der Waals surface area contributed by atoms with Crippen LogP contribution in [0.25, 0.3) is 11.5 Å². The number of ether oxygens (including phenoxy) is 1. The van der Waals surface area contributed by atoms with Crippen molar-refractivity contribution >= 4 is 11.7 Å². The first-order chi connectivity index (χ1) is 14.9. The van der Waals surface area contributed by atoms with Crippen LogP contribution in [0.4, 0.5) is 5.69 Å². The van der Waals surface area contributed by atoms with E-state index in [-0.39, 0.29) is 24.1 Å². The lowest BCUT2D eigenvalue weighted by Crippen LogP contribution is -2.08. The molecule has 0 saturated heterocycles. The number of hydrogen-bond acceptors (Lipinski definition) is 8. The van der Waals surface area contributed by atoms with Crippen molar-refractivity contribution in [3.05, 3.63) is 87.4 Å². The number of benzene rings is 1. The molecule has 31 heavy (non-hydrogen) atoms. The van der Waals surface area contributed by atoms with Gasteiger partial charge in [0.2, 0.25) is 5.89 Å². The summed E-state index contributed by atoms with van der Waals surface area (Å²) >= 11 is 0. The van der Waals surface area contributed by atoms with Crippen molar-refractivity contribution in [2.45, 2.75) is 27.0 Å². The quantitative estimate of drug-likeness (QED) is 0.248. The number of esters is 1. The Morgan fingerprint density at radius 2 is 1.97 bits per heavy atom. The van der Waals surface area contributed by atoms with E-state index in [1.54, 1.807) is 12.3 Å². The Balaban J connectivity index is 1.42. The fraction of sp³-hybridized carbons (Fsp3) is 0.190. The van der Waals surface area contributed by atoms with Crippen LogP contribution in [0.2, 0.25) is 0 Å². The van der Waals surface area contributed by atoms with Gasteiger partial charge in [0.1, 0.15) is 5.76 Å². The second kappa shape index (κ2) is 8.27. The van der Waals surface area contributed by atoms with E-state index in [1.807, 2.05) is 30.5 Å². The van der Waals surface area contributed by atoms with E-state index in [0.29, 0.717) is 17.7 Å². The molecule has 0 amide bonds. The van der Waals surface area contributed by atoms with Gasteiger partial charge in [0, 0.05) is 29.1 Å². The third kappa shape index (κ3) is 4.22. The topological polar surface area (TPSA) is 126 Å². The fourth-order valence-corrected chi connectivity index (χ4v) is 3.17. The highest BCUT2D eigenvalue weighted by atomic mass is 16.6. The number of nitro groups is 1. The van der Waals surface area contributed by atoms with Crippen molar-refractivity contribution in [3.63, 3.8) is 0 Å². The first-order valence-electron chi connectivity index (χ1n) is 9.36. The molecule has 0 aliphatic carbocycles. The molecule has 1 aromatic carbocycles. The summed E-state index contributed by atoms with van der Waals surface area (Å²) in [4.78, 5) is 22.8. The van der Waals surface area contributed by atoms with Crippen molar-refractivity contribution in [2.75, 3.05) is 0 Å². The van der Waals surface area contributed by atoms with Gasteiger partial charge in [0.05, 0.1) is 23.3 Å². The number of carbonyl (C=O) groups excluding carboxylic acids is 1. The number of non-ortho nitro benzene ring substituents is 1. The van der Waals surface area contributed by atoms with Gasteiger partial charge in [-0.1, -0.05) is 0 Å². The first kappa shape index (κ1) is 20.1. The van der Waals surface area contributed by atoms with Crippen LogP contribution in [0, 0.1) is 24.0 Å². The maximum absolute atomic E-state index is 12.6. The molecule has 0 N–H and O–H groups in total. The third-order valence-corrected chi connectivity index (χ3v) is 4.81. The molecule has 0 spiro atoms. The van der Waals surface area contributed by atoms with Crippen molar-refractivity contribution in [3.8, 4) is 11.5 Å². The van der Waals surface area contributed by atoms with Crippen molar-refractivity contribution in [1.82, 2.24) is 14.8 Å². The van der Waals surface area contributed by atoms with Crippen molar-refractivity contribution in [2.24, 2.45) is 0 Å². The Morgan fingerprint density at radius 3 is 2.65 bits per heavy atom. The van der Waals surface area contributed by atoms with Gasteiger partial charge < -0.3 is 18.1 Å². The SMILES string of the molecule is Cc1cc(C(=O)OCc2nnc(-c3ccc([N+](=O)[O-])cc3)o2)c(C)n1Cc1ccco1. The Bertz CT molecular complexity index is 1220. The van der Waals surface area contributed by atoms with Crippen LogP contribution in [0.3, 0.4) is 0 Å². The first-order valence-corrected chi connectivity index (χ1v) is 9.36. The van der Waals surface area contributed by atoms with Gasteiger partial charge in [-0.25, -0.2) is 4.79 Å². The van der Waals surface area contributed by atoms with Gasteiger partial charge in [-0.3, -0.25) is 10.1 Å². The summed E-state index contributed by atoms with van der Waals surface area (Å²) in [6.45, 7) is 4.06. The number of aryl methyl sites for hydroxylation is 1. The van der Waals surface area contributed by atoms with E-state index in [2.05, 4.69) is 10.2 Å². The number of nitrogens with zero attached hydrogens (tertiary/aromatic N) is 4. The van der Waals surface area contributed by atoms with E-state index in [9.17, 15) is 14.9 Å². The summed E-state index contributed by atoms with van der Waals surface area (Å²) in [6.07, 6.45) is 1.61. The zero-order chi connectivity index (χ0) is 22.0. The second-order valence-corrected chi connectivity index (χ2v) is 6.83. The highest BCUT2D eigenvalue weighted by molar-refractivity contribution is 5.91. The van der Waals surface area contributed by atoms with E-state index in [0.717, 1.165) is 17.1 Å². The molecule has 4 rings (SSSR count). The minimum Gasteiger partial charge on any atom is -0.467 e. The maximum Gasteiger partial charge on any atom is 0.340 e. The molecule has 10 heteroatoms. The number of nitro benzene ring substituents is 1. The fourth-order valence-electron chi connectivity index (χ4n) is 3.17. The highest BCUT2D eigenvalue weighted by Crippen LogP contribution is 2.22. The molecule has 158 valence electrons. The zero-order valence-corrected chi connectivity index (χ0v) is 16.8. The molecular formula is C21H18N4O6. The van der Waals surface area contributed by atoms with E-state index < -0.39 is 10.9 Å². The molecule has 0 unspecified atom stereocenters. The van der Waals surface area contributed by atoms with Crippen LogP contribution in [-0.2, 0) is 17.9 Å². The number of furan rings is 1. The average molecular weight is 422 g/mol. The summed E-state index contributed by atoms with van der Waals surface area (Å²) in [5.74, 6) is 0.573. The second-order valence-electron chi connectivity index (χ2n) is 6.83. The third-order valence-electron chi connectivity index (χ3n) is 4.81. The lowest BCUT2D eigenvalue weighted by molar-refractivity contribution is -0.384. The predicted octanol–water partition coefficient (Wildman–Crippen LogP) is 4.06. The molecule has 0 radical (unpaired) electrons. The van der Waals surface area contributed by atoms with Gasteiger partial charge in [-0.15, -0.1) is 10.2 Å². The Morgan fingerprint density at radius 1 is 1.19 bits per heavy atom. The minimum atomic E-state index is -0.506. The van der Waals surface area contributed by atoms with Gasteiger partial charge in [0.15, 0.2) is 6.61 Å². The lowest BCUT2D eigenvalue weighted by atomic mass is 10.2. The Labute approximate surface area is 176 Å². The molecule has 0 atom stereocenters. The van der Waals surface area contributed by atoms with E-state index in [1.165, 1.54) is 24.3 Å². The van der Waals surface area contributed by atoms with Crippen LogP contribution < -0.4 is 0 Å². The molecule has 0 bridgehead atoms. The molecule has 3 aromatic heterocycles. The molecule has 4 aromatic rings. The van der Waals surface area contributed by atoms with Crippen LogP contribution in [0.1, 0.15) is 33.4 Å². The van der Waals surface area contributed by atoms with Gasteiger partial charge in [-0.2, -0.15) is 0 Å². The molecule has 3 heterocycles. The molecular weight excluding hydrogens is 404 g/mol. The normalized spacial score (nSPS) is 10.9. The lowest BCUT2D eigenvalue weighted by Gasteiger charge is -2.07. The Hall–Kier alpha value is -4.21. The van der Waals surface area contributed by atoms with Gasteiger partial charge >= 0.3 is 5.97 Å². The summed E-state index contributed by atoms with van der Waals surface area (Å²) in [7, 11) is 0. The number of aromatic nitrogens is 3. The smallest absolute Gasteiger partial charge is 0.340 e. The summed E-state index contributed by atoms with van der Waals surface area (Å²) in [6, 6.07) is 11.2. The van der Waals surface area contributed by atoms with E-state index in [4.69, 9.17) is 13.6 Å². The van der Waals surface area contributed by atoms with Crippen LogP contribution >= 0.6 is 0 Å². The van der Waals surface area contributed by atoms with Crippen molar-refractivity contribution < 1.29 is 23.3 Å². The molecule has 0 aliphatic rings. The number of rotatable bonds is 7. The average Bonchev–Trinajstić information content (AvgIpc) is 3.50. The highest BCUT2D eigenvalue weighted by Gasteiger charge is 2.19. The molecule has 0 fully saturated rings. The van der Waals surface area contributed by atoms with Crippen molar-refractivity contribution in [1.29, 1.82) is 0 Å². The van der Waals surface area contributed by atoms with Gasteiger partial charge in [0.25, 0.3) is 11.6 Å². The monoisotopic (exact) mass is 422 g/mol. The molecule has 0 aliphatic heterocycles. The van der Waals surface area contributed by atoms with E-state index >= 15 is 0 Å². The van der Waals surface area contributed by atoms with Gasteiger partial charge in [-0.05, 0) is 44.2 Å². The summed E-state index contributed by atoms with van der Waals surface area (Å²) in [5, 5.41) is 18.5. The minimum absolute atomic E-state index is 0.0398. The standard InChI is InChI=1S/C21H18N4O6/c1-13-10-18(14(2)24(13)11-17-4-3-9-29-17)21(26)30-12-19-22-23-20(31-19)15-5-7-16(8-6-15)25(27)28/h3-10H,11-12H2,1-2H3. The Kier molecular flexibility index (Phi) is 5.35. The summed E-state index contributed by atoms with van der Waals surface area (Å²) < 4.78 is 18.2.